The Morgan fingerprint density at radius 3 is 2.36 bits per heavy atom. The Morgan fingerprint density at radius 2 is 1.82 bits per heavy atom. The molecule has 0 saturated carbocycles. The Bertz CT molecular complexity index is 636. The van der Waals surface area contributed by atoms with Gasteiger partial charge in [0.25, 0.3) is 0 Å². The maximum Gasteiger partial charge on any atom is 0.228 e. The minimum Gasteiger partial charge on any atom is -0.550 e. The first kappa shape index (κ1) is 16.2. The Hall–Kier alpha value is -2.14. The Kier molecular flexibility index (Phi) is 4.98. The summed E-state index contributed by atoms with van der Waals surface area (Å²) in [5.74, 6) is -3.41. The second-order valence-corrected chi connectivity index (χ2v) is 5.73. The average molecular weight is 321 g/mol. The SMILES string of the molecule is CC(=O)c1ccc(NC(=O)[C@@H]2CC(Cl)=CC[C@@H]2C(=O)[O-])cc1. The highest BCUT2D eigenvalue weighted by molar-refractivity contribution is 6.29. The molecule has 0 radical (unpaired) electrons. The first-order chi connectivity index (χ1) is 10.4. The number of ketones is 1. The minimum absolute atomic E-state index is 0.0703. The third kappa shape index (κ3) is 3.74. The highest BCUT2D eigenvalue weighted by atomic mass is 35.5. The number of hydrogen-bond donors (Lipinski definition) is 1. The number of anilines is 1. The van der Waals surface area contributed by atoms with Gasteiger partial charge >= 0.3 is 0 Å². The number of hydrogen-bond acceptors (Lipinski definition) is 4. The van der Waals surface area contributed by atoms with Crippen LogP contribution in [0.3, 0.4) is 0 Å². The van der Waals surface area contributed by atoms with Crippen molar-refractivity contribution >= 4 is 34.9 Å². The monoisotopic (exact) mass is 320 g/mol. The van der Waals surface area contributed by atoms with Gasteiger partial charge in [0, 0.05) is 28.2 Å². The number of halogens is 1. The van der Waals surface area contributed by atoms with Crippen LogP contribution < -0.4 is 10.4 Å². The third-order valence-corrected chi connectivity index (χ3v) is 4.00. The zero-order chi connectivity index (χ0) is 16.3. The zero-order valence-electron chi connectivity index (χ0n) is 12.0. The van der Waals surface area contributed by atoms with E-state index in [2.05, 4.69) is 5.32 Å². The normalized spacial score (nSPS) is 20.9. The summed E-state index contributed by atoms with van der Waals surface area (Å²) in [4.78, 5) is 34.6. The van der Waals surface area contributed by atoms with Gasteiger partial charge in [-0.3, -0.25) is 9.59 Å². The van der Waals surface area contributed by atoms with Crippen LogP contribution >= 0.6 is 11.6 Å². The molecule has 1 aliphatic rings. The lowest BCUT2D eigenvalue weighted by Gasteiger charge is -2.29. The fourth-order valence-electron chi connectivity index (χ4n) is 2.41. The van der Waals surface area contributed by atoms with Crippen LogP contribution in [0.1, 0.15) is 30.1 Å². The zero-order valence-corrected chi connectivity index (χ0v) is 12.7. The molecule has 0 saturated heterocycles. The highest BCUT2D eigenvalue weighted by Gasteiger charge is 2.32. The molecule has 5 nitrogen and oxygen atoms in total. The van der Waals surface area contributed by atoms with Crippen molar-refractivity contribution in [2.24, 2.45) is 11.8 Å². The molecule has 116 valence electrons. The van der Waals surface area contributed by atoms with Crippen molar-refractivity contribution < 1.29 is 19.5 Å². The van der Waals surface area contributed by atoms with Crippen LogP contribution in [0.15, 0.2) is 35.4 Å². The van der Waals surface area contributed by atoms with Crippen molar-refractivity contribution in [3.8, 4) is 0 Å². The van der Waals surface area contributed by atoms with E-state index in [-0.39, 0.29) is 18.6 Å². The Morgan fingerprint density at radius 1 is 1.18 bits per heavy atom. The molecule has 0 aliphatic heterocycles. The van der Waals surface area contributed by atoms with Crippen molar-refractivity contribution in [1.82, 2.24) is 0 Å². The second-order valence-electron chi connectivity index (χ2n) is 5.25. The standard InChI is InChI=1S/C16H16ClNO4/c1-9(19)10-2-5-12(6-3-10)18-15(20)14-8-11(17)4-7-13(14)16(21)22/h2-6,13-14H,7-8H2,1H3,(H,18,20)(H,21,22)/p-1/t13-,14+/m0/s1. The van der Waals surface area contributed by atoms with Crippen LogP contribution in [0.4, 0.5) is 5.69 Å². The molecule has 1 aromatic carbocycles. The molecule has 1 aliphatic carbocycles. The van der Waals surface area contributed by atoms with E-state index in [4.69, 9.17) is 11.6 Å². The van der Waals surface area contributed by atoms with Gasteiger partial charge in [-0.2, -0.15) is 0 Å². The molecule has 22 heavy (non-hydrogen) atoms. The van der Waals surface area contributed by atoms with Crippen LogP contribution in [0, 0.1) is 11.8 Å². The van der Waals surface area contributed by atoms with Crippen LogP contribution in [-0.4, -0.2) is 17.7 Å². The molecule has 0 unspecified atom stereocenters. The summed E-state index contributed by atoms with van der Waals surface area (Å²) in [5.41, 5.74) is 1.03. The predicted octanol–water partition coefficient (Wildman–Crippen LogP) is 1.73. The van der Waals surface area contributed by atoms with E-state index in [0.29, 0.717) is 16.3 Å². The molecule has 0 bridgehead atoms. The smallest absolute Gasteiger partial charge is 0.228 e. The topological polar surface area (TPSA) is 86.3 Å². The fraction of sp³-hybridized carbons (Fsp3) is 0.312. The Balaban J connectivity index is 2.11. The van der Waals surface area contributed by atoms with Gasteiger partial charge in [0.2, 0.25) is 5.91 Å². The van der Waals surface area contributed by atoms with Gasteiger partial charge in [-0.25, -0.2) is 0 Å². The van der Waals surface area contributed by atoms with Gasteiger partial charge < -0.3 is 15.2 Å². The molecule has 1 N–H and O–H groups in total. The summed E-state index contributed by atoms with van der Waals surface area (Å²) in [5, 5.41) is 14.3. The van der Waals surface area contributed by atoms with Crippen LogP contribution in [0.25, 0.3) is 0 Å². The molecule has 0 spiro atoms. The lowest BCUT2D eigenvalue weighted by atomic mass is 9.82. The number of carboxylic acid groups (broad SMARTS) is 1. The number of allylic oxidation sites excluding steroid dienone is 2. The summed E-state index contributed by atoms with van der Waals surface area (Å²) < 4.78 is 0. The number of Topliss-reactive ketones (excluding diaryl/α,β-unsaturated/α-hetero) is 1. The third-order valence-electron chi connectivity index (χ3n) is 3.69. The summed E-state index contributed by atoms with van der Waals surface area (Å²) in [6, 6.07) is 6.40. The van der Waals surface area contributed by atoms with E-state index in [0.717, 1.165) is 0 Å². The van der Waals surface area contributed by atoms with E-state index in [1.165, 1.54) is 6.92 Å². The molecule has 1 aromatic rings. The molecule has 0 aromatic heterocycles. The maximum atomic E-state index is 12.3. The molecular weight excluding hydrogens is 306 g/mol. The van der Waals surface area contributed by atoms with E-state index < -0.39 is 23.7 Å². The molecule has 0 heterocycles. The first-order valence-corrected chi connectivity index (χ1v) is 7.23. The molecule has 0 fully saturated rings. The largest absolute Gasteiger partial charge is 0.550 e. The van der Waals surface area contributed by atoms with Crippen LogP contribution in [0.5, 0.6) is 0 Å². The number of amides is 1. The van der Waals surface area contributed by atoms with E-state index in [1.54, 1.807) is 30.3 Å². The van der Waals surface area contributed by atoms with Gasteiger partial charge in [-0.05, 0) is 44.0 Å². The quantitative estimate of drug-likeness (QED) is 0.856. The maximum absolute atomic E-state index is 12.3. The lowest BCUT2D eigenvalue weighted by Crippen LogP contribution is -2.42. The number of nitrogens with one attached hydrogen (secondary N) is 1. The van der Waals surface area contributed by atoms with Gasteiger partial charge in [0.1, 0.15) is 0 Å². The molecule has 1 amide bonds. The predicted molar refractivity (Wildman–Crippen MR) is 80.2 cm³/mol. The number of benzene rings is 1. The van der Waals surface area contributed by atoms with Crippen molar-refractivity contribution in [3.05, 3.63) is 40.9 Å². The van der Waals surface area contributed by atoms with Gasteiger partial charge in [-0.1, -0.05) is 17.7 Å². The van der Waals surface area contributed by atoms with E-state index >= 15 is 0 Å². The van der Waals surface area contributed by atoms with E-state index in [1.807, 2.05) is 0 Å². The van der Waals surface area contributed by atoms with E-state index in [9.17, 15) is 19.5 Å². The summed E-state index contributed by atoms with van der Waals surface area (Å²) in [7, 11) is 0. The number of carbonyl (C=O) groups is 3. The highest BCUT2D eigenvalue weighted by Crippen LogP contribution is 2.32. The lowest BCUT2D eigenvalue weighted by molar-refractivity contribution is -0.313. The van der Waals surface area contributed by atoms with Gasteiger partial charge in [-0.15, -0.1) is 0 Å². The number of carbonyl (C=O) groups excluding carboxylic acids is 3. The Labute approximate surface area is 133 Å². The number of aliphatic carboxylic acids is 1. The van der Waals surface area contributed by atoms with Crippen molar-refractivity contribution in [2.45, 2.75) is 19.8 Å². The molecular formula is C16H15ClNO4-. The van der Waals surface area contributed by atoms with Gasteiger partial charge in [0.05, 0.1) is 5.92 Å². The molecule has 6 heteroatoms. The van der Waals surface area contributed by atoms with Gasteiger partial charge in [0.15, 0.2) is 5.78 Å². The molecule has 2 atom stereocenters. The summed E-state index contributed by atoms with van der Waals surface area (Å²) in [6.07, 6.45) is 1.97. The number of rotatable bonds is 4. The van der Waals surface area contributed by atoms with Crippen molar-refractivity contribution in [2.75, 3.05) is 5.32 Å². The summed E-state index contributed by atoms with van der Waals surface area (Å²) in [6.45, 7) is 1.45. The van der Waals surface area contributed by atoms with Crippen LogP contribution in [0.2, 0.25) is 0 Å². The minimum atomic E-state index is -1.26. The van der Waals surface area contributed by atoms with Crippen LogP contribution in [-0.2, 0) is 9.59 Å². The fourth-order valence-corrected chi connectivity index (χ4v) is 2.67. The van der Waals surface area contributed by atoms with Crippen molar-refractivity contribution in [3.63, 3.8) is 0 Å². The molecule has 2 rings (SSSR count). The second kappa shape index (κ2) is 6.75. The van der Waals surface area contributed by atoms with Crippen molar-refractivity contribution in [1.29, 1.82) is 0 Å². The average Bonchev–Trinajstić information content (AvgIpc) is 2.47. The number of carboxylic acids is 1. The summed E-state index contributed by atoms with van der Waals surface area (Å²) >= 11 is 5.91. The first-order valence-electron chi connectivity index (χ1n) is 6.85.